The third-order valence-corrected chi connectivity index (χ3v) is 4.93. The Morgan fingerprint density at radius 2 is 1.76 bits per heavy atom. The normalized spacial score (nSPS) is 38.1. The zero-order valence-corrected chi connectivity index (χ0v) is 10.1. The van der Waals surface area contributed by atoms with Crippen LogP contribution in [0.5, 0.6) is 0 Å². The van der Waals surface area contributed by atoms with Crippen molar-refractivity contribution in [2.24, 2.45) is 23.7 Å². The minimum Gasteiger partial charge on any atom is -0.480 e. The molecule has 0 aromatic carbocycles. The fourth-order valence-electron chi connectivity index (χ4n) is 3.54. The van der Waals surface area contributed by atoms with Crippen LogP contribution < -0.4 is 5.32 Å². The summed E-state index contributed by atoms with van der Waals surface area (Å²) in [6, 6.07) is 0. The average molecular weight is 237 g/mol. The Hall–Kier alpha value is -1.06. The summed E-state index contributed by atoms with van der Waals surface area (Å²) in [5, 5.41) is 12.1. The number of aliphatic carboxylic acids is 1. The lowest BCUT2D eigenvalue weighted by Crippen LogP contribution is -2.54. The second kappa shape index (κ2) is 3.47. The van der Waals surface area contributed by atoms with Crippen molar-refractivity contribution in [3.63, 3.8) is 0 Å². The van der Waals surface area contributed by atoms with Crippen molar-refractivity contribution in [1.82, 2.24) is 5.32 Å². The summed E-state index contributed by atoms with van der Waals surface area (Å²) < 4.78 is 0. The summed E-state index contributed by atoms with van der Waals surface area (Å²) in [4.78, 5) is 23.4. The highest BCUT2D eigenvalue weighted by Crippen LogP contribution is 2.57. The fourth-order valence-corrected chi connectivity index (χ4v) is 3.54. The van der Waals surface area contributed by atoms with E-state index in [2.05, 4.69) is 5.32 Å². The van der Waals surface area contributed by atoms with E-state index in [1.54, 1.807) is 6.92 Å². The molecule has 4 nitrogen and oxygen atoms in total. The van der Waals surface area contributed by atoms with Gasteiger partial charge in [0, 0.05) is 5.92 Å². The van der Waals surface area contributed by atoms with Gasteiger partial charge in [0.05, 0.1) is 0 Å². The highest BCUT2D eigenvalue weighted by molar-refractivity contribution is 5.90. The SMILES string of the molecule is CC(NC(=O)C1C2CCCC21)(C(=O)O)C1CC1. The van der Waals surface area contributed by atoms with Gasteiger partial charge in [-0.05, 0) is 50.4 Å². The first kappa shape index (κ1) is 11.1. The molecule has 3 unspecified atom stereocenters. The Balaban J connectivity index is 1.65. The van der Waals surface area contributed by atoms with E-state index in [0.717, 1.165) is 25.7 Å². The van der Waals surface area contributed by atoms with E-state index < -0.39 is 11.5 Å². The van der Waals surface area contributed by atoms with Gasteiger partial charge in [0.15, 0.2) is 0 Å². The predicted molar refractivity (Wildman–Crippen MR) is 61.2 cm³/mol. The third kappa shape index (κ3) is 1.65. The standard InChI is InChI=1S/C13H19NO3/c1-13(12(16)17,7-5-6-7)14-11(15)10-8-3-2-4-9(8)10/h7-10H,2-6H2,1H3,(H,14,15)(H,16,17). The molecule has 17 heavy (non-hydrogen) atoms. The van der Waals surface area contributed by atoms with Crippen LogP contribution in [0.2, 0.25) is 0 Å². The van der Waals surface area contributed by atoms with E-state index in [0.29, 0.717) is 11.8 Å². The van der Waals surface area contributed by atoms with Crippen LogP contribution in [0.3, 0.4) is 0 Å². The molecule has 3 fully saturated rings. The monoisotopic (exact) mass is 237 g/mol. The van der Waals surface area contributed by atoms with Crippen LogP contribution in [0.1, 0.15) is 39.0 Å². The van der Waals surface area contributed by atoms with Gasteiger partial charge in [0.1, 0.15) is 5.54 Å². The smallest absolute Gasteiger partial charge is 0.329 e. The second-order valence-electron chi connectivity index (χ2n) is 6.06. The summed E-state index contributed by atoms with van der Waals surface area (Å²) in [6.45, 7) is 1.66. The number of nitrogens with one attached hydrogen (secondary N) is 1. The molecule has 2 N–H and O–H groups in total. The zero-order valence-electron chi connectivity index (χ0n) is 10.1. The lowest BCUT2D eigenvalue weighted by Gasteiger charge is -2.26. The predicted octanol–water partition coefficient (Wildman–Crippen LogP) is 1.40. The molecule has 94 valence electrons. The van der Waals surface area contributed by atoms with Gasteiger partial charge in [0.25, 0.3) is 0 Å². The van der Waals surface area contributed by atoms with E-state index in [4.69, 9.17) is 0 Å². The Labute approximate surface area is 101 Å². The van der Waals surface area contributed by atoms with Crippen molar-refractivity contribution in [2.45, 2.75) is 44.6 Å². The molecule has 4 heteroatoms. The van der Waals surface area contributed by atoms with Crippen LogP contribution in [0, 0.1) is 23.7 Å². The third-order valence-electron chi connectivity index (χ3n) is 4.93. The summed E-state index contributed by atoms with van der Waals surface area (Å²) in [5.74, 6) is 0.430. The minimum atomic E-state index is -1.03. The molecule has 0 spiro atoms. The number of carboxylic acid groups (broad SMARTS) is 1. The molecule has 3 aliphatic carbocycles. The summed E-state index contributed by atoms with van der Waals surface area (Å²) >= 11 is 0. The number of carbonyl (C=O) groups excluding carboxylic acids is 1. The van der Waals surface area contributed by atoms with Gasteiger partial charge in [-0.1, -0.05) is 6.42 Å². The summed E-state index contributed by atoms with van der Waals surface area (Å²) in [7, 11) is 0. The van der Waals surface area contributed by atoms with Crippen LogP contribution in [-0.2, 0) is 9.59 Å². The van der Waals surface area contributed by atoms with E-state index in [9.17, 15) is 14.7 Å². The zero-order chi connectivity index (χ0) is 12.2. The van der Waals surface area contributed by atoms with Gasteiger partial charge >= 0.3 is 5.97 Å². The average Bonchev–Trinajstić information content (AvgIpc) is 3.17. The molecule has 0 aliphatic heterocycles. The fraction of sp³-hybridized carbons (Fsp3) is 0.846. The van der Waals surface area contributed by atoms with Crippen molar-refractivity contribution < 1.29 is 14.7 Å². The van der Waals surface area contributed by atoms with Gasteiger partial charge in [-0.15, -0.1) is 0 Å². The topological polar surface area (TPSA) is 66.4 Å². The van der Waals surface area contributed by atoms with Gasteiger partial charge in [-0.3, -0.25) is 4.79 Å². The van der Waals surface area contributed by atoms with Crippen molar-refractivity contribution in [1.29, 1.82) is 0 Å². The van der Waals surface area contributed by atoms with Gasteiger partial charge in [-0.25, -0.2) is 4.79 Å². The molecule has 1 amide bonds. The van der Waals surface area contributed by atoms with E-state index in [1.165, 1.54) is 6.42 Å². The summed E-state index contributed by atoms with van der Waals surface area (Å²) in [6.07, 6.45) is 5.37. The molecule has 0 heterocycles. The molecule has 0 aromatic rings. The number of hydrogen-bond acceptors (Lipinski definition) is 2. The molecule has 3 atom stereocenters. The van der Waals surface area contributed by atoms with Gasteiger partial charge in [-0.2, -0.15) is 0 Å². The minimum absolute atomic E-state index is 0.0171. The molecule has 0 radical (unpaired) electrons. The first-order valence-corrected chi connectivity index (χ1v) is 6.59. The number of carbonyl (C=O) groups is 2. The van der Waals surface area contributed by atoms with E-state index in [-0.39, 0.29) is 17.7 Å². The van der Waals surface area contributed by atoms with Crippen molar-refractivity contribution >= 4 is 11.9 Å². The van der Waals surface area contributed by atoms with Crippen LogP contribution in [-0.4, -0.2) is 22.5 Å². The lowest BCUT2D eigenvalue weighted by molar-refractivity contribution is -0.148. The Morgan fingerprint density at radius 1 is 1.18 bits per heavy atom. The van der Waals surface area contributed by atoms with Gasteiger partial charge < -0.3 is 10.4 Å². The quantitative estimate of drug-likeness (QED) is 0.776. The molecule has 0 bridgehead atoms. The highest BCUT2D eigenvalue weighted by atomic mass is 16.4. The number of carboxylic acids is 1. The number of hydrogen-bond donors (Lipinski definition) is 2. The molecule has 3 rings (SSSR count). The van der Waals surface area contributed by atoms with E-state index in [1.807, 2.05) is 0 Å². The lowest BCUT2D eigenvalue weighted by atomic mass is 9.95. The number of amides is 1. The Morgan fingerprint density at radius 3 is 2.24 bits per heavy atom. The number of rotatable bonds is 4. The van der Waals surface area contributed by atoms with Gasteiger partial charge in [0.2, 0.25) is 5.91 Å². The number of fused-ring (bicyclic) bond motifs is 1. The van der Waals surface area contributed by atoms with Crippen LogP contribution in [0.4, 0.5) is 0 Å². The van der Waals surface area contributed by atoms with Crippen molar-refractivity contribution in [2.75, 3.05) is 0 Å². The maximum absolute atomic E-state index is 12.1. The van der Waals surface area contributed by atoms with Crippen molar-refractivity contribution in [3.05, 3.63) is 0 Å². The molecule has 3 aliphatic rings. The first-order valence-electron chi connectivity index (χ1n) is 6.59. The van der Waals surface area contributed by atoms with Crippen molar-refractivity contribution in [3.8, 4) is 0 Å². The van der Waals surface area contributed by atoms with Crippen LogP contribution >= 0.6 is 0 Å². The Bertz CT molecular complexity index is 367. The van der Waals surface area contributed by atoms with E-state index >= 15 is 0 Å². The van der Waals surface area contributed by atoms with Crippen LogP contribution in [0.15, 0.2) is 0 Å². The largest absolute Gasteiger partial charge is 0.480 e. The Kier molecular flexibility index (Phi) is 2.25. The highest BCUT2D eigenvalue weighted by Gasteiger charge is 2.58. The second-order valence-corrected chi connectivity index (χ2v) is 6.06. The molecule has 0 saturated heterocycles. The summed E-state index contributed by atoms with van der Waals surface area (Å²) in [5.41, 5.74) is -1.03. The molecular weight excluding hydrogens is 218 g/mol. The molecule has 3 saturated carbocycles. The maximum atomic E-state index is 12.1. The molecule has 0 aromatic heterocycles. The maximum Gasteiger partial charge on any atom is 0.329 e. The first-order chi connectivity index (χ1) is 8.04. The molecular formula is C13H19NO3. The van der Waals surface area contributed by atoms with Crippen LogP contribution in [0.25, 0.3) is 0 Å².